The molecule has 0 saturated carbocycles. The van der Waals surface area contributed by atoms with E-state index < -0.39 is 13.7 Å². The third-order valence-electron chi connectivity index (χ3n) is 4.47. The molecule has 1 aliphatic heterocycles. The summed E-state index contributed by atoms with van der Waals surface area (Å²) in [6.07, 6.45) is 5.14. The van der Waals surface area contributed by atoms with Gasteiger partial charge in [-0.15, -0.1) is 11.8 Å². The zero-order chi connectivity index (χ0) is 20.6. The Morgan fingerprint density at radius 2 is 2.00 bits per heavy atom. The van der Waals surface area contributed by atoms with E-state index in [1.165, 1.54) is 11.8 Å². The lowest BCUT2D eigenvalue weighted by molar-refractivity contribution is 0.193. The SMILES string of the molecule is CN1C[C@H](C=CC(O)Cc2ccccc2)N(CCCCSCP(=O)(O)O)C1=O. The van der Waals surface area contributed by atoms with E-state index in [0.29, 0.717) is 25.3 Å². The lowest BCUT2D eigenvalue weighted by atomic mass is 10.1. The number of carbonyl (C=O) groups is 1. The Labute approximate surface area is 170 Å². The van der Waals surface area contributed by atoms with Crippen LogP contribution in [-0.2, 0) is 11.0 Å². The minimum absolute atomic E-state index is 0.0323. The van der Waals surface area contributed by atoms with Gasteiger partial charge in [-0.2, -0.15) is 0 Å². The summed E-state index contributed by atoms with van der Waals surface area (Å²) in [6.45, 7) is 1.17. The van der Waals surface area contributed by atoms with Gasteiger partial charge in [0.25, 0.3) is 0 Å². The van der Waals surface area contributed by atoms with E-state index in [9.17, 15) is 14.5 Å². The number of hydrogen-bond donors (Lipinski definition) is 3. The molecule has 1 saturated heterocycles. The molecule has 1 aliphatic rings. The maximum absolute atomic E-state index is 12.4. The molecule has 0 spiro atoms. The number of nitrogens with zero attached hydrogens (tertiary/aromatic N) is 2. The molecule has 0 radical (unpaired) electrons. The average Bonchev–Trinajstić information content (AvgIpc) is 2.90. The number of carbonyl (C=O) groups excluding carboxylic acids is 1. The first-order valence-corrected chi connectivity index (χ1v) is 12.3. The summed E-state index contributed by atoms with van der Waals surface area (Å²) in [5.74, 6) is 0.652. The van der Waals surface area contributed by atoms with Crippen molar-refractivity contribution in [3.63, 3.8) is 0 Å². The summed E-state index contributed by atoms with van der Waals surface area (Å²) < 4.78 is 10.8. The van der Waals surface area contributed by atoms with Crippen LogP contribution >= 0.6 is 19.4 Å². The van der Waals surface area contributed by atoms with Crippen LogP contribution in [0.2, 0.25) is 0 Å². The highest BCUT2D eigenvalue weighted by atomic mass is 32.2. The quantitative estimate of drug-likeness (QED) is 0.284. The highest BCUT2D eigenvalue weighted by Gasteiger charge is 2.32. The molecule has 3 N–H and O–H groups in total. The Morgan fingerprint density at radius 1 is 1.29 bits per heavy atom. The lowest BCUT2D eigenvalue weighted by Crippen LogP contribution is -2.34. The summed E-state index contributed by atoms with van der Waals surface area (Å²) in [6, 6.07) is 9.66. The first-order chi connectivity index (χ1) is 13.3. The van der Waals surface area contributed by atoms with Gasteiger partial charge in [0, 0.05) is 26.6 Å². The zero-order valence-corrected chi connectivity index (χ0v) is 17.8. The van der Waals surface area contributed by atoms with Gasteiger partial charge >= 0.3 is 13.6 Å². The summed E-state index contributed by atoms with van der Waals surface area (Å²) in [5.41, 5.74) is 0.896. The number of rotatable bonds is 11. The maximum atomic E-state index is 12.4. The van der Waals surface area contributed by atoms with Crippen molar-refractivity contribution in [1.82, 2.24) is 9.80 Å². The number of thioether (sulfide) groups is 1. The molecule has 2 rings (SSSR count). The Hall–Kier alpha value is -1.31. The van der Waals surface area contributed by atoms with E-state index in [1.54, 1.807) is 22.9 Å². The average molecular weight is 428 g/mol. The fourth-order valence-corrected chi connectivity index (χ4v) is 4.97. The highest BCUT2D eigenvalue weighted by Crippen LogP contribution is 2.38. The third kappa shape index (κ3) is 7.97. The number of aliphatic hydroxyl groups is 1. The van der Waals surface area contributed by atoms with E-state index >= 15 is 0 Å². The summed E-state index contributed by atoms with van der Waals surface area (Å²) >= 11 is 1.24. The van der Waals surface area contributed by atoms with Crippen molar-refractivity contribution in [2.24, 2.45) is 0 Å². The standard InChI is InChI=1S/C19H29N2O5PS/c1-20-14-17(9-10-18(22)13-16-7-3-2-4-8-16)21(19(20)23)11-5-6-12-28-15-27(24,25)26/h2-4,7-10,17-18,22H,5-6,11-15H2,1H3,(H2,24,25,26)/t17-,18?/m0/s1. The molecular weight excluding hydrogens is 399 g/mol. The molecular formula is C19H29N2O5PS. The van der Waals surface area contributed by atoms with Gasteiger partial charge in [0.05, 0.1) is 17.6 Å². The molecule has 2 amide bonds. The molecule has 1 unspecified atom stereocenters. The van der Waals surface area contributed by atoms with Crippen LogP contribution in [0.5, 0.6) is 0 Å². The first-order valence-electron chi connectivity index (χ1n) is 9.30. The van der Waals surface area contributed by atoms with Crippen LogP contribution in [0.3, 0.4) is 0 Å². The van der Waals surface area contributed by atoms with E-state index in [-0.39, 0.29) is 17.6 Å². The van der Waals surface area contributed by atoms with Gasteiger partial charge in [0.2, 0.25) is 0 Å². The van der Waals surface area contributed by atoms with Gasteiger partial charge in [-0.3, -0.25) is 4.57 Å². The molecule has 9 heteroatoms. The van der Waals surface area contributed by atoms with Crippen molar-refractivity contribution >= 4 is 25.4 Å². The molecule has 0 bridgehead atoms. The van der Waals surface area contributed by atoms with Crippen LogP contribution in [0, 0.1) is 0 Å². The van der Waals surface area contributed by atoms with Gasteiger partial charge in [-0.25, -0.2) is 4.79 Å². The number of hydrogen-bond acceptors (Lipinski definition) is 4. The van der Waals surface area contributed by atoms with Crippen molar-refractivity contribution < 1.29 is 24.3 Å². The van der Waals surface area contributed by atoms with E-state index in [1.807, 2.05) is 36.4 Å². The minimum Gasteiger partial charge on any atom is -0.389 e. The van der Waals surface area contributed by atoms with Crippen molar-refractivity contribution in [3.8, 4) is 0 Å². The first kappa shape index (κ1) is 23.0. The summed E-state index contributed by atoms with van der Waals surface area (Å²) in [5, 5.41) is 10.2. The van der Waals surface area contributed by atoms with Crippen LogP contribution in [0.25, 0.3) is 0 Å². The molecule has 7 nitrogen and oxygen atoms in total. The minimum atomic E-state index is -3.95. The van der Waals surface area contributed by atoms with Crippen LogP contribution < -0.4 is 0 Å². The number of urea groups is 1. The smallest absolute Gasteiger partial charge is 0.335 e. The van der Waals surface area contributed by atoms with Crippen LogP contribution in [0.15, 0.2) is 42.5 Å². The van der Waals surface area contributed by atoms with Gasteiger partial charge in [-0.05, 0) is 24.2 Å². The molecule has 1 fully saturated rings. The molecule has 0 aliphatic carbocycles. The number of likely N-dealkylation sites (N-methyl/N-ethyl adjacent to an activating group) is 1. The van der Waals surface area contributed by atoms with E-state index in [0.717, 1.165) is 18.4 Å². The maximum Gasteiger partial charge on any atom is 0.335 e. The van der Waals surface area contributed by atoms with Crippen molar-refractivity contribution in [2.45, 2.75) is 31.4 Å². The number of amides is 2. The fraction of sp³-hybridized carbons (Fsp3) is 0.526. The largest absolute Gasteiger partial charge is 0.389 e. The molecule has 28 heavy (non-hydrogen) atoms. The zero-order valence-electron chi connectivity index (χ0n) is 16.1. The second-order valence-electron chi connectivity index (χ2n) is 6.97. The number of unbranched alkanes of at least 4 members (excludes halogenated alkanes) is 1. The predicted octanol–water partition coefficient (Wildman–Crippen LogP) is 2.53. The van der Waals surface area contributed by atoms with E-state index in [4.69, 9.17) is 9.79 Å². The fourth-order valence-electron chi connectivity index (χ4n) is 3.09. The van der Waals surface area contributed by atoms with Gasteiger partial charge in [-0.1, -0.05) is 42.5 Å². The normalized spacial score (nSPS) is 19.0. The summed E-state index contributed by atoms with van der Waals surface area (Å²) in [4.78, 5) is 33.5. The highest BCUT2D eigenvalue weighted by molar-refractivity contribution is 8.04. The van der Waals surface area contributed by atoms with E-state index in [2.05, 4.69) is 0 Å². The molecule has 1 aromatic rings. The van der Waals surface area contributed by atoms with Gasteiger partial charge in [0.1, 0.15) is 0 Å². The van der Waals surface area contributed by atoms with Crippen molar-refractivity contribution in [2.75, 3.05) is 31.4 Å². The second-order valence-corrected chi connectivity index (χ2v) is 10.2. The molecule has 2 atom stereocenters. The molecule has 1 aromatic carbocycles. The molecule has 1 heterocycles. The Morgan fingerprint density at radius 3 is 2.68 bits per heavy atom. The lowest BCUT2D eigenvalue weighted by Gasteiger charge is -2.21. The van der Waals surface area contributed by atoms with Crippen molar-refractivity contribution in [1.29, 1.82) is 0 Å². The third-order valence-corrected chi connectivity index (χ3v) is 7.13. The van der Waals surface area contributed by atoms with Crippen LogP contribution in [-0.4, -0.2) is 74.3 Å². The Kier molecular flexibility index (Phi) is 9.05. The monoisotopic (exact) mass is 428 g/mol. The van der Waals surface area contributed by atoms with Crippen LogP contribution in [0.4, 0.5) is 4.79 Å². The predicted molar refractivity (Wildman–Crippen MR) is 112 cm³/mol. The second kappa shape index (κ2) is 11.0. The van der Waals surface area contributed by atoms with Gasteiger partial charge < -0.3 is 24.7 Å². The topological polar surface area (TPSA) is 101 Å². The van der Waals surface area contributed by atoms with Crippen molar-refractivity contribution in [3.05, 3.63) is 48.0 Å². The number of benzene rings is 1. The van der Waals surface area contributed by atoms with Crippen LogP contribution in [0.1, 0.15) is 18.4 Å². The summed E-state index contributed by atoms with van der Waals surface area (Å²) in [7, 11) is -2.18. The van der Waals surface area contributed by atoms with Gasteiger partial charge in [0.15, 0.2) is 0 Å². The Bertz CT molecular complexity index is 697. The Balaban J connectivity index is 1.79. The number of aliphatic hydroxyl groups excluding tert-OH is 1. The molecule has 156 valence electrons. The molecule has 0 aromatic heterocycles.